The Balaban J connectivity index is 1.52. The number of benzene rings is 1. The Bertz CT molecular complexity index is 954. The molecule has 5 heteroatoms. The molecule has 4 rings (SSSR count). The highest BCUT2D eigenvalue weighted by Crippen LogP contribution is 2.36. The van der Waals surface area contributed by atoms with Gasteiger partial charge >= 0.3 is 0 Å². The van der Waals surface area contributed by atoms with Crippen LogP contribution in [0.15, 0.2) is 65.6 Å². The highest BCUT2D eigenvalue weighted by molar-refractivity contribution is 7.08. The Hall–Kier alpha value is -2.50. The lowest BCUT2D eigenvalue weighted by molar-refractivity contribution is -0.131. The quantitative estimate of drug-likeness (QED) is 0.600. The molecule has 1 N–H and O–H groups in total. The van der Waals surface area contributed by atoms with Crippen LogP contribution in [0.25, 0.3) is 11.1 Å². The van der Waals surface area contributed by atoms with Crippen molar-refractivity contribution >= 4 is 17.2 Å². The predicted octanol–water partition coefficient (Wildman–Crippen LogP) is 4.77. The van der Waals surface area contributed by atoms with Gasteiger partial charge in [-0.25, -0.2) is 0 Å². The van der Waals surface area contributed by atoms with Gasteiger partial charge in [-0.15, -0.1) is 0 Å². The first-order chi connectivity index (χ1) is 14.5. The molecule has 0 saturated carbocycles. The third kappa shape index (κ3) is 4.79. The molecule has 0 radical (unpaired) electrons. The average molecular weight is 420 g/mol. The van der Waals surface area contributed by atoms with E-state index < -0.39 is 0 Å². The van der Waals surface area contributed by atoms with Gasteiger partial charge in [-0.1, -0.05) is 24.3 Å². The molecule has 4 nitrogen and oxygen atoms in total. The number of pyridine rings is 1. The van der Waals surface area contributed by atoms with E-state index in [1.54, 1.807) is 11.3 Å². The van der Waals surface area contributed by atoms with Crippen LogP contribution >= 0.6 is 11.3 Å². The van der Waals surface area contributed by atoms with Crippen molar-refractivity contribution in [1.29, 1.82) is 0 Å². The highest BCUT2D eigenvalue weighted by Gasteiger charge is 2.44. The van der Waals surface area contributed by atoms with Gasteiger partial charge in [0.05, 0.1) is 5.41 Å². The molecule has 0 bridgehead atoms. The van der Waals surface area contributed by atoms with E-state index in [1.165, 1.54) is 22.3 Å². The molecule has 0 spiro atoms. The number of carbonyl (C=O) groups excluding carboxylic acids is 1. The van der Waals surface area contributed by atoms with Crippen LogP contribution in [-0.4, -0.2) is 34.9 Å². The maximum atomic E-state index is 13.3. The van der Waals surface area contributed by atoms with Crippen LogP contribution in [0.5, 0.6) is 0 Å². The van der Waals surface area contributed by atoms with E-state index in [0.717, 1.165) is 32.5 Å². The third-order valence-electron chi connectivity index (χ3n) is 5.84. The topological polar surface area (TPSA) is 45.2 Å². The number of hydrogen-bond acceptors (Lipinski definition) is 4. The van der Waals surface area contributed by atoms with E-state index in [0.29, 0.717) is 0 Å². The minimum absolute atomic E-state index is 0.143. The van der Waals surface area contributed by atoms with Crippen molar-refractivity contribution in [1.82, 2.24) is 15.2 Å². The fraction of sp³-hybridized carbons (Fsp3) is 0.360. The van der Waals surface area contributed by atoms with Crippen molar-refractivity contribution in [2.24, 2.45) is 5.41 Å². The molecule has 1 aliphatic heterocycles. The molecule has 1 amide bonds. The summed E-state index contributed by atoms with van der Waals surface area (Å²) in [7, 11) is 0. The lowest BCUT2D eigenvalue weighted by Gasteiger charge is -2.30. The largest absolute Gasteiger partial charge is 0.353 e. The first-order valence-corrected chi connectivity index (χ1v) is 11.5. The maximum Gasteiger partial charge on any atom is 0.228 e. The van der Waals surface area contributed by atoms with E-state index in [1.807, 2.05) is 26.2 Å². The summed E-state index contributed by atoms with van der Waals surface area (Å²) in [6.45, 7) is 6.63. The Morgan fingerprint density at radius 1 is 1.10 bits per heavy atom. The molecule has 1 aliphatic rings. The fourth-order valence-electron chi connectivity index (χ4n) is 4.30. The molecule has 0 unspecified atom stereocenters. The Morgan fingerprint density at radius 2 is 1.87 bits per heavy atom. The van der Waals surface area contributed by atoms with Gasteiger partial charge in [-0.05, 0) is 84.4 Å². The molecular formula is C25H29N3OS. The van der Waals surface area contributed by atoms with Crippen LogP contribution < -0.4 is 5.32 Å². The number of hydrogen-bond donors (Lipinski definition) is 1. The summed E-state index contributed by atoms with van der Waals surface area (Å²) >= 11 is 1.71. The molecule has 156 valence electrons. The molecule has 3 heterocycles. The number of nitrogens with one attached hydrogen (secondary N) is 1. The molecule has 3 aromatic rings. The van der Waals surface area contributed by atoms with Crippen LogP contribution in [0, 0.1) is 5.41 Å². The minimum Gasteiger partial charge on any atom is -0.353 e. The van der Waals surface area contributed by atoms with Crippen molar-refractivity contribution in [3.05, 3.63) is 76.7 Å². The molecule has 0 aliphatic carbocycles. The van der Waals surface area contributed by atoms with Crippen LogP contribution in [0.1, 0.15) is 31.4 Å². The van der Waals surface area contributed by atoms with Gasteiger partial charge in [0.25, 0.3) is 0 Å². The van der Waals surface area contributed by atoms with Crippen molar-refractivity contribution in [2.45, 2.75) is 39.3 Å². The average Bonchev–Trinajstić information content (AvgIpc) is 3.40. The molecule has 2 aromatic heterocycles. The fourth-order valence-corrected chi connectivity index (χ4v) is 4.96. The summed E-state index contributed by atoms with van der Waals surface area (Å²) in [6, 6.07) is 15.1. The summed E-state index contributed by atoms with van der Waals surface area (Å²) in [4.78, 5) is 19.8. The summed E-state index contributed by atoms with van der Waals surface area (Å²) in [5.41, 5.74) is 4.56. The monoisotopic (exact) mass is 419 g/mol. The van der Waals surface area contributed by atoms with Gasteiger partial charge < -0.3 is 5.32 Å². The lowest BCUT2D eigenvalue weighted by Crippen LogP contribution is -2.46. The lowest BCUT2D eigenvalue weighted by atomic mass is 9.79. The minimum atomic E-state index is -0.388. The summed E-state index contributed by atoms with van der Waals surface area (Å²) in [6.07, 6.45) is 5.31. The zero-order valence-electron chi connectivity index (χ0n) is 17.7. The van der Waals surface area contributed by atoms with Crippen molar-refractivity contribution in [3.8, 4) is 11.1 Å². The van der Waals surface area contributed by atoms with Gasteiger partial charge in [0, 0.05) is 31.5 Å². The summed E-state index contributed by atoms with van der Waals surface area (Å²) in [5.74, 6) is 0.177. The normalized spacial score (nSPS) is 19.3. The highest BCUT2D eigenvalue weighted by atomic mass is 32.1. The molecule has 1 aromatic carbocycles. The predicted molar refractivity (Wildman–Crippen MR) is 123 cm³/mol. The van der Waals surface area contributed by atoms with Crippen molar-refractivity contribution in [2.75, 3.05) is 13.1 Å². The molecule has 30 heavy (non-hydrogen) atoms. The van der Waals surface area contributed by atoms with Crippen LogP contribution in [0.3, 0.4) is 0 Å². The second-order valence-electron chi connectivity index (χ2n) is 8.61. The Kier molecular flexibility index (Phi) is 6.30. The maximum absolute atomic E-state index is 13.3. The number of rotatable bonds is 7. The van der Waals surface area contributed by atoms with Gasteiger partial charge in [-0.3, -0.25) is 14.7 Å². The van der Waals surface area contributed by atoms with Crippen molar-refractivity contribution in [3.63, 3.8) is 0 Å². The van der Waals surface area contributed by atoms with E-state index in [-0.39, 0.29) is 17.4 Å². The van der Waals surface area contributed by atoms with E-state index >= 15 is 0 Å². The van der Waals surface area contributed by atoms with E-state index in [4.69, 9.17) is 0 Å². The number of carbonyl (C=O) groups is 1. The molecular weight excluding hydrogens is 390 g/mol. The van der Waals surface area contributed by atoms with Gasteiger partial charge in [0.2, 0.25) is 5.91 Å². The van der Waals surface area contributed by atoms with E-state index in [9.17, 15) is 4.79 Å². The number of nitrogens with zero attached hydrogens (tertiary/aromatic N) is 2. The van der Waals surface area contributed by atoms with E-state index in [2.05, 4.69) is 68.4 Å². The molecule has 1 fully saturated rings. The Labute approximate surface area is 183 Å². The standard InChI is InChI=1S/C25H29N3OS/c1-19(2)27-24(29)25(10-13-28(18-25)16-21-7-11-26-12-8-21)15-20-3-5-22(6-4-20)23-9-14-30-17-23/h3-9,11-12,14,17,19H,10,13,15-16,18H2,1-2H3,(H,27,29)/t25-/m1/s1. The van der Waals surface area contributed by atoms with Crippen LogP contribution in [0.4, 0.5) is 0 Å². The number of likely N-dealkylation sites (tertiary alicyclic amines) is 1. The van der Waals surface area contributed by atoms with Crippen LogP contribution in [0.2, 0.25) is 0 Å². The summed E-state index contributed by atoms with van der Waals surface area (Å²) in [5, 5.41) is 7.46. The van der Waals surface area contributed by atoms with Gasteiger partial charge in [-0.2, -0.15) is 11.3 Å². The zero-order valence-corrected chi connectivity index (χ0v) is 18.5. The second-order valence-corrected chi connectivity index (χ2v) is 9.39. The first kappa shape index (κ1) is 20.8. The number of aromatic nitrogens is 1. The zero-order chi connectivity index (χ0) is 21.0. The first-order valence-electron chi connectivity index (χ1n) is 10.6. The molecule has 1 atom stereocenters. The number of thiophene rings is 1. The van der Waals surface area contributed by atoms with Gasteiger partial charge in [0.1, 0.15) is 0 Å². The summed E-state index contributed by atoms with van der Waals surface area (Å²) < 4.78 is 0. The third-order valence-corrected chi connectivity index (χ3v) is 6.52. The van der Waals surface area contributed by atoms with Gasteiger partial charge in [0.15, 0.2) is 0 Å². The SMILES string of the molecule is CC(C)NC(=O)[C@@]1(Cc2ccc(-c3ccsc3)cc2)CCN(Cc2ccncc2)C1. The Morgan fingerprint density at radius 3 is 2.53 bits per heavy atom. The van der Waals surface area contributed by atoms with Crippen LogP contribution in [-0.2, 0) is 17.8 Å². The smallest absolute Gasteiger partial charge is 0.228 e. The van der Waals surface area contributed by atoms with Crippen molar-refractivity contribution < 1.29 is 4.79 Å². The number of amides is 1. The molecule has 1 saturated heterocycles. The second kappa shape index (κ2) is 9.11.